The molecule has 0 unspecified atom stereocenters. The monoisotopic (exact) mass is 400 g/mol. The number of benzene rings is 3. The van der Waals surface area contributed by atoms with Gasteiger partial charge in [-0.2, -0.15) is 10.2 Å². The third kappa shape index (κ3) is 4.25. The van der Waals surface area contributed by atoms with Crippen molar-refractivity contribution in [1.82, 2.24) is 15.2 Å². The van der Waals surface area contributed by atoms with Gasteiger partial charge in [0.25, 0.3) is 5.91 Å². The number of hydrogen-bond acceptors (Lipinski definition) is 3. The van der Waals surface area contributed by atoms with E-state index in [-0.39, 0.29) is 5.91 Å². The topological polar surface area (TPSA) is 59.3 Å². The summed E-state index contributed by atoms with van der Waals surface area (Å²) in [6.07, 6.45) is 3.46. The highest BCUT2D eigenvalue weighted by molar-refractivity contribution is 6.33. The fourth-order valence-corrected chi connectivity index (χ4v) is 3.10. The summed E-state index contributed by atoms with van der Waals surface area (Å²) >= 11 is 6.07. The quantitative estimate of drug-likeness (QED) is 0.380. The fourth-order valence-electron chi connectivity index (χ4n) is 2.88. The number of carbonyl (C=O) groups excluding carboxylic acids is 1. The van der Waals surface area contributed by atoms with Crippen LogP contribution in [-0.2, 0) is 0 Å². The molecule has 4 rings (SSSR count). The lowest BCUT2D eigenvalue weighted by Crippen LogP contribution is -2.17. The molecule has 0 aliphatic carbocycles. The molecule has 0 bridgehead atoms. The van der Waals surface area contributed by atoms with E-state index in [0.29, 0.717) is 10.6 Å². The second kappa shape index (κ2) is 8.54. The van der Waals surface area contributed by atoms with Crippen molar-refractivity contribution in [3.05, 3.63) is 107 Å². The Balaban J connectivity index is 1.63. The standard InChI is InChI=1S/C23H17ClN4O/c24-21-14-8-7-13-20(21)23(29)26-25-15-18-16-28(19-11-5-2-6-12-19)27-22(18)17-9-3-1-4-10-17/h1-16H,(H,26,29)/b25-15+. The molecule has 1 N–H and O–H groups in total. The third-order valence-corrected chi connectivity index (χ3v) is 4.63. The summed E-state index contributed by atoms with van der Waals surface area (Å²) in [6, 6.07) is 26.5. The minimum absolute atomic E-state index is 0.370. The first kappa shape index (κ1) is 18.7. The van der Waals surface area contributed by atoms with Gasteiger partial charge < -0.3 is 0 Å². The van der Waals surface area contributed by atoms with Gasteiger partial charge in [0.1, 0.15) is 5.69 Å². The van der Waals surface area contributed by atoms with Gasteiger partial charge in [0, 0.05) is 17.3 Å². The molecule has 4 aromatic rings. The molecule has 1 amide bonds. The zero-order valence-electron chi connectivity index (χ0n) is 15.4. The second-order valence-corrected chi connectivity index (χ2v) is 6.67. The first-order chi connectivity index (χ1) is 14.2. The Hall–Kier alpha value is -3.70. The normalized spacial score (nSPS) is 10.9. The molecule has 0 aliphatic rings. The lowest BCUT2D eigenvalue weighted by Gasteiger charge is -2.01. The molecule has 0 fully saturated rings. The van der Waals surface area contributed by atoms with E-state index >= 15 is 0 Å². The highest BCUT2D eigenvalue weighted by Gasteiger charge is 2.12. The van der Waals surface area contributed by atoms with Gasteiger partial charge in [-0.15, -0.1) is 0 Å². The zero-order valence-corrected chi connectivity index (χ0v) is 16.1. The number of hydrogen-bond donors (Lipinski definition) is 1. The summed E-state index contributed by atoms with van der Waals surface area (Å²) in [5, 5.41) is 9.20. The number of nitrogens with one attached hydrogen (secondary N) is 1. The minimum Gasteiger partial charge on any atom is -0.267 e. The first-order valence-electron chi connectivity index (χ1n) is 9.01. The van der Waals surface area contributed by atoms with Gasteiger partial charge in [-0.3, -0.25) is 4.79 Å². The molecule has 5 nitrogen and oxygen atoms in total. The van der Waals surface area contributed by atoms with E-state index < -0.39 is 0 Å². The van der Waals surface area contributed by atoms with Gasteiger partial charge in [0.15, 0.2) is 0 Å². The van der Waals surface area contributed by atoms with Crippen molar-refractivity contribution in [1.29, 1.82) is 0 Å². The first-order valence-corrected chi connectivity index (χ1v) is 9.38. The average molecular weight is 401 g/mol. The van der Waals surface area contributed by atoms with Crippen molar-refractivity contribution in [3.8, 4) is 16.9 Å². The average Bonchev–Trinajstić information content (AvgIpc) is 3.19. The van der Waals surface area contributed by atoms with E-state index in [0.717, 1.165) is 22.5 Å². The van der Waals surface area contributed by atoms with Crippen LogP contribution in [0, 0.1) is 0 Å². The molecular weight excluding hydrogens is 384 g/mol. The van der Waals surface area contributed by atoms with Crippen LogP contribution in [0.15, 0.2) is 96.2 Å². The molecule has 0 radical (unpaired) electrons. The van der Waals surface area contributed by atoms with Gasteiger partial charge >= 0.3 is 0 Å². The van der Waals surface area contributed by atoms with E-state index in [1.807, 2.05) is 66.9 Å². The van der Waals surface area contributed by atoms with E-state index in [1.165, 1.54) is 0 Å². The lowest BCUT2D eigenvalue weighted by molar-refractivity contribution is 0.0955. The van der Waals surface area contributed by atoms with Gasteiger partial charge in [0.05, 0.1) is 22.5 Å². The molecule has 142 valence electrons. The largest absolute Gasteiger partial charge is 0.272 e. The number of amides is 1. The van der Waals surface area contributed by atoms with Crippen LogP contribution in [0.3, 0.4) is 0 Å². The van der Waals surface area contributed by atoms with Crippen LogP contribution in [0.1, 0.15) is 15.9 Å². The van der Waals surface area contributed by atoms with Gasteiger partial charge in [0.2, 0.25) is 0 Å². The summed E-state index contributed by atoms with van der Waals surface area (Å²) in [5.41, 5.74) is 6.33. The van der Waals surface area contributed by atoms with Crippen LogP contribution >= 0.6 is 11.6 Å². The summed E-state index contributed by atoms with van der Waals surface area (Å²) in [5.74, 6) is -0.372. The Morgan fingerprint density at radius 3 is 2.31 bits per heavy atom. The summed E-state index contributed by atoms with van der Waals surface area (Å²) in [4.78, 5) is 12.3. The highest BCUT2D eigenvalue weighted by atomic mass is 35.5. The number of para-hydroxylation sites is 1. The maximum absolute atomic E-state index is 12.3. The Bertz CT molecular complexity index is 1150. The van der Waals surface area contributed by atoms with E-state index in [4.69, 9.17) is 16.7 Å². The zero-order chi connectivity index (χ0) is 20.1. The summed E-state index contributed by atoms with van der Waals surface area (Å²) < 4.78 is 1.79. The smallest absolute Gasteiger partial charge is 0.267 e. The molecule has 1 heterocycles. The number of hydrazone groups is 1. The SMILES string of the molecule is O=C(N/N=C/c1cn(-c2ccccc2)nc1-c1ccccc1)c1ccccc1Cl. The molecule has 0 aliphatic heterocycles. The van der Waals surface area contributed by atoms with Crippen molar-refractivity contribution in [3.63, 3.8) is 0 Å². The molecule has 3 aromatic carbocycles. The Labute approximate surface area is 173 Å². The molecule has 0 spiro atoms. The Morgan fingerprint density at radius 2 is 1.59 bits per heavy atom. The number of nitrogens with zero attached hydrogens (tertiary/aromatic N) is 3. The van der Waals surface area contributed by atoms with Crippen LogP contribution < -0.4 is 5.43 Å². The van der Waals surface area contributed by atoms with Gasteiger partial charge in [-0.25, -0.2) is 10.1 Å². The Morgan fingerprint density at radius 1 is 0.931 bits per heavy atom. The van der Waals surface area contributed by atoms with Crippen LogP contribution in [0.25, 0.3) is 16.9 Å². The molecular formula is C23H17ClN4O. The van der Waals surface area contributed by atoms with Crippen molar-refractivity contribution < 1.29 is 4.79 Å². The van der Waals surface area contributed by atoms with Crippen molar-refractivity contribution >= 4 is 23.7 Å². The number of halogens is 1. The van der Waals surface area contributed by atoms with Crippen LogP contribution in [0.5, 0.6) is 0 Å². The predicted molar refractivity (Wildman–Crippen MR) is 116 cm³/mol. The highest BCUT2D eigenvalue weighted by Crippen LogP contribution is 2.22. The molecule has 1 aromatic heterocycles. The summed E-state index contributed by atoms with van der Waals surface area (Å²) in [6.45, 7) is 0. The lowest BCUT2D eigenvalue weighted by atomic mass is 10.1. The molecule has 29 heavy (non-hydrogen) atoms. The van der Waals surface area contributed by atoms with Gasteiger partial charge in [-0.05, 0) is 24.3 Å². The molecule has 0 atom stereocenters. The van der Waals surface area contributed by atoms with Crippen LogP contribution in [-0.4, -0.2) is 21.9 Å². The van der Waals surface area contributed by atoms with Crippen LogP contribution in [0.2, 0.25) is 5.02 Å². The predicted octanol–water partition coefficient (Wildman–Crippen LogP) is 4.96. The van der Waals surface area contributed by atoms with Crippen molar-refractivity contribution in [2.45, 2.75) is 0 Å². The van der Waals surface area contributed by atoms with Crippen molar-refractivity contribution in [2.24, 2.45) is 5.10 Å². The molecule has 6 heteroatoms. The third-order valence-electron chi connectivity index (χ3n) is 4.30. The van der Waals surface area contributed by atoms with E-state index in [1.54, 1.807) is 35.2 Å². The molecule has 0 saturated heterocycles. The minimum atomic E-state index is -0.372. The molecule has 0 saturated carbocycles. The number of rotatable bonds is 5. The Kier molecular flexibility index (Phi) is 5.49. The maximum Gasteiger partial charge on any atom is 0.272 e. The summed E-state index contributed by atoms with van der Waals surface area (Å²) in [7, 11) is 0. The van der Waals surface area contributed by atoms with Gasteiger partial charge in [-0.1, -0.05) is 72.3 Å². The number of aromatic nitrogens is 2. The number of carbonyl (C=O) groups is 1. The van der Waals surface area contributed by atoms with Crippen molar-refractivity contribution in [2.75, 3.05) is 0 Å². The van der Waals surface area contributed by atoms with E-state index in [2.05, 4.69) is 10.5 Å². The van der Waals surface area contributed by atoms with E-state index in [9.17, 15) is 4.79 Å². The second-order valence-electron chi connectivity index (χ2n) is 6.26. The fraction of sp³-hybridized carbons (Fsp3) is 0. The van der Waals surface area contributed by atoms with Crippen LogP contribution in [0.4, 0.5) is 0 Å². The maximum atomic E-state index is 12.3.